The van der Waals surface area contributed by atoms with Gasteiger partial charge in [0.1, 0.15) is 24.3 Å². The predicted molar refractivity (Wildman–Crippen MR) is 111 cm³/mol. The number of hydrogen-bond donors (Lipinski definition) is 1. The fraction of sp³-hybridized carbons (Fsp3) is 0.238. The van der Waals surface area contributed by atoms with Crippen molar-refractivity contribution in [3.8, 4) is 5.75 Å². The molecule has 2 aliphatic heterocycles. The molecule has 0 spiro atoms. The Morgan fingerprint density at radius 2 is 2.28 bits per heavy atom. The Morgan fingerprint density at radius 3 is 3.00 bits per heavy atom. The van der Waals surface area contributed by atoms with Gasteiger partial charge in [0.2, 0.25) is 5.91 Å². The Balaban J connectivity index is 1.75. The molecule has 2 aromatic carbocycles. The number of halogens is 2. The summed E-state index contributed by atoms with van der Waals surface area (Å²) >= 11 is 5.97. The molecule has 0 aromatic heterocycles. The molecule has 0 bridgehead atoms. The van der Waals surface area contributed by atoms with Crippen LogP contribution in [0.4, 0.5) is 21.5 Å². The molecule has 1 saturated heterocycles. The molecule has 1 amide bonds. The van der Waals surface area contributed by atoms with E-state index in [1.807, 2.05) is 11.0 Å². The van der Waals surface area contributed by atoms with E-state index in [1.165, 1.54) is 12.1 Å². The van der Waals surface area contributed by atoms with Crippen LogP contribution in [0, 0.1) is 5.82 Å². The van der Waals surface area contributed by atoms with Crippen molar-refractivity contribution in [2.24, 2.45) is 4.99 Å². The average Bonchev–Trinajstić information content (AvgIpc) is 3.23. The molecule has 150 valence electrons. The minimum atomic E-state index is -0.483. The van der Waals surface area contributed by atoms with Gasteiger partial charge in [-0.05, 0) is 30.3 Å². The van der Waals surface area contributed by atoms with E-state index in [4.69, 9.17) is 21.1 Å². The third-order valence-corrected chi connectivity index (χ3v) is 5.00. The minimum Gasteiger partial charge on any atom is -0.486 e. The number of carbonyl (C=O) groups is 1. The van der Waals surface area contributed by atoms with Gasteiger partial charge in [-0.25, -0.2) is 4.39 Å². The first kappa shape index (κ1) is 19.4. The van der Waals surface area contributed by atoms with E-state index >= 15 is 0 Å². The number of anilines is 3. The number of nitrogens with one attached hydrogen (secondary N) is 1. The number of carbonyl (C=O) groups excluding carboxylic acids is 1. The summed E-state index contributed by atoms with van der Waals surface area (Å²) in [5.74, 6) is -0.306. The highest BCUT2D eigenvalue weighted by Gasteiger charge is 2.24. The summed E-state index contributed by atoms with van der Waals surface area (Å²) in [4.78, 5) is 18.2. The van der Waals surface area contributed by atoms with Crippen molar-refractivity contribution in [1.29, 1.82) is 0 Å². The van der Waals surface area contributed by atoms with Crippen molar-refractivity contribution in [1.82, 2.24) is 0 Å². The molecular formula is C21H19ClFN3O3. The molecule has 4 rings (SSSR count). The van der Waals surface area contributed by atoms with Gasteiger partial charge in [0.05, 0.1) is 29.6 Å². The fourth-order valence-corrected chi connectivity index (χ4v) is 3.43. The second-order valence-electron chi connectivity index (χ2n) is 6.68. The minimum absolute atomic E-state index is 0.0352. The zero-order valence-corrected chi connectivity index (χ0v) is 16.3. The van der Waals surface area contributed by atoms with Crippen LogP contribution >= 0.6 is 11.6 Å². The van der Waals surface area contributed by atoms with Gasteiger partial charge in [-0.3, -0.25) is 9.79 Å². The van der Waals surface area contributed by atoms with Crippen molar-refractivity contribution in [3.63, 3.8) is 0 Å². The summed E-state index contributed by atoms with van der Waals surface area (Å²) in [6.07, 6.45) is 3.59. The van der Waals surface area contributed by atoms with Crippen LogP contribution in [0.1, 0.15) is 12.0 Å². The van der Waals surface area contributed by atoms with Gasteiger partial charge in [0, 0.05) is 30.0 Å². The number of fused-ring (bicyclic) bond motifs is 1. The van der Waals surface area contributed by atoms with Gasteiger partial charge in [-0.15, -0.1) is 0 Å². The van der Waals surface area contributed by atoms with Crippen LogP contribution in [0.15, 0.2) is 48.0 Å². The van der Waals surface area contributed by atoms with Crippen molar-refractivity contribution < 1.29 is 18.7 Å². The zero-order valence-electron chi connectivity index (χ0n) is 15.5. The van der Waals surface area contributed by atoms with Gasteiger partial charge in [0.25, 0.3) is 0 Å². The maximum atomic E-state index is 13.6. The Morgan fingerprint density at radius 1 is 1.41 bits per heavy atom. The maximum absolute atomic E-state index is 13.6. The molecule has 1 N–H and O–H groups in total. The quantitative estimate of drug-likeness (QED) is 0.739. The fourth-order valence-electron chi connectivity index (χ4n) is 3.26. The Bertz CT molecular complexity index is 989. The highest BCUT2D eigenvalue weighted by molar-refractivity contribution is 6.31. The largest absolute Gasteiger partial charge is 0.486 e. The third kappa shape index (κ3) is 4.11. The lowest BCUT2D eigenvalue weighted by Crippen LogP contribution is -2.23. The van der Waals surface area contributed by atoms with E-state index in [-0.39, 0.29) is 17.0 Å². The van der Waals surface area contributed by atoms with Gasteiger partial charge < -0.3 is 19.7 Å². The maximum Gasteiger partial charge on any atom is 0.247 e. The monoisotopic (exact) mass is 415 g/mol. The van der Waals surface area contributed by atoms with E-state index in [0.717, 1.165) is 17.7 Å². The van der Waals surface area contributed by atoms with E-state index in [0.29, 0.717) is 37.0 Å². The molecule has 1 unspecified atom stereocenters. The molecule has 2 aromatic rings. The normalized spacial score (nSPS) is 17.7. The number of rotatable bonds is 5. The number of nitrogens with zero attached hydrogens (tertiary/aromatic N) is 2. The number of ether oxygens (including phenoxy) is 2. The highest BCUT2D eigenvalue weighted by atomic mass is 35.5. The molecule has 6 nitrogen and oxygen atoms in total. The van der Waals surface area contributed by atoms with E-state index < -0.39 is 5.82 Å². The Hall–Kier alpha value is -2.90. The van der Waals surface area contributed by atoms with Gasteiger partial charge >= 0.3 is 0 Å². The van der Waals surface area contributed by atoms with Crippen LogP contribution in [-0.4, -0.2) is 38.1 Å². The summed E-state index contributed by atoms with van der Waals surface area (Å²) in [6, 6.07) is 8.16. The molecule has 0 saturated carbocycles. The standard InChI is InChI=1S/C21H19ClFN3O3/c1-2-21(27)25-18-7-13-10-24-12-26(14-3-4-17(23)16(22)8-14)19(13)9-20(18)29-15-5-6-28-11-15/h2-4,7-10,15H,1,5-6,11-12H2,(H,25,27). The average molecular weight is 416 g/mol. The first-order chi connectivity index (χ1) is 14.0. The van der Waals surface area contributed by atoms with Crippen LogP contribution < -0.4 is 15.0 Å². The number of aliphatic imine (C=N–C) groups is 1. The number of benzene rings is 2. The number of hydrogen-bond acceptors (Lipinski definition) is 5. The van der Waals surface area contributed by atoms with Gasteiger partial charge in [0.15, 0.2) is 0 Å². The smallest absolute Gasteiger partial charge is 0.247 e. The van der Waals surface area contributed by atoms with Crippen molar-refractivity contribution in [2.75, 3.05) is 30.1 Å². The molecule has 8 heteroatoms. The Kier molecular flexibility index (Phi) is 5.51. The lowest BCUT2D eigenvalue weighted by atomic mass is 10.1. The summed E-state index contributed by atoms with van der Waals surface area (Å²) in [7, 11) is 0. The van der Waals surface area contributed by atoms with Gasteiger partial charge in [-0.2, -0.15) is 0 Å². The van der Waals surface area contributed by atoms with Crippen LogP contribution in [0.25, 0.3) is 0 Å². The SMILES string of the molecule is C=CC(=O)Nc1cc2c(cc1OC1CCOC1)N(c1ccc(F)c(Cl)c1)CN=C2. The zero-order chi connectivity index (χ0) is 20.4. The van der Waals surface area contributed by atoms with Crippen molar-refractivity contribution in [2.45, 2.75) is 12.5 Å². The third-order valence-electron chi connectivity index (χ3n) is 4.71. The van der Waals surface area contributed by atoms with E-state index in [1.54, 1.807) is 24.4 Å². The summed E-state index contributed by atoms with van der Waals surface area (Å²) in [5, 5.41) is 2.82. The van der Waals surface area contributed by atoms with Crippen LogP contribution in [0.2, 0.25) is 5.02 Å². The predicted octanol–water partition coefficient (Wildman–Crippen LogP) is 4.30. The summed E-state index contributed by atoms with van der Waals surface area (Å²) in [5.41, 5.74) is 2.82. The Labute approximate surface area is 172 Å². The molecule has 2 aliphatic rings. The van der Waals surface area contributed by atoms with Crippen molar-refractivity contribution in [3.05, 3.63) is 59.4 Å². The second-order valence-corrected chi connectivity index (χ2v) is 7.09. The van der Waals surface area contributed by atoms with E-state index in [2.05, 4.69) is 16.9 Å². The first-order valence-corrected chi connectivity index (χ1v) is 9.51. The topological polar surface area (TPSA) is 63.2 Å². The molecule has 0 radical (unpaired) electrons. The van der Waals surface area contributed by atoms with Crippen LogP contribution in [0.5, 0.6) is 5.75 Å². The number of amides is 1. The van der Waals surface area contributed by atoms with Crippen molar-refractivity contribution >= 4 is 40.8 Å². The summed E-state index contributed by atoms with van der Waals surface area (Å²) < 4.78 is 25.1. The summed E-state index contributed by atoms with van der Waals surface area (Å²) in [6.45, 7) is 4.97. The molecule has 1 atom stereocenters. The lowest BCUT2D eigenvalue weighted by molar-refractivity contribution is -0.111. The first-order valence-electron chi connectivity index (χ1n) is 9.13. The molecular weight excluding hydrogens is 397 g/mol. The molecule has 1 fully saturated rings. The molecule has 0 aliphatic carbocycles. The lowest BCUT2D eigenvalue weighted by Gasteiger charge is -2.29. The highest BCUT2D eigenvalue weighted by Crippen LogP contribution is 2.39. The van der Waals surface area contributed by atoms with Gasteiger partial charge in [-0.1, -0.05) is 18.2 Å². The van der Waals surface area contributed by atoms with Crippen LogP contribution in [-0.2, 0) is 9.53 Å². The molecule has 2 heterocycles. The van der Waals surface area contributed by atoms with Crippen LogP contribution in [0.3, 0.4) is 0 Å². The van der Waals surface area contributed by atoms with E-state index in [9.17, 15) is 9.18 Å². The molecule has 29 heavy (non-hydrogen) atoms. The second kappa shape index (κ2) is 8.23.